The number of aryl methyl sites for hydroxylation is 1. The summed E-state index contributed by atoms with van der Waals surface area (Å²) in [6, 6.07) is 7.63. The van der Waals surface area contributed by atoms with E-state index in [1.807, 2.05) is 41.5 Å². The van der Waals surface area contributed by atoms with Crippen LogP contribution in [-0.2, 0) is 4.79 Å². The highest BCUT2D eigenvalue weighted by atomic mass is 32.1. The first-order valence-corrected chi connectivity index (χ1v) is 9.73. The molecule has 0 saturated carbocycles. The number of amides is 3. The van der Waals surface area contributed by atoms with E-state index in [0.29, 0.717) is 19.0 Å². The summed E-state index contributed by atoms with van der Waals surface area (Å²) in [7, 11) is 0. The SMILES string of the molecule is CC(=O)NCC1CCCN(C(=O)Nc2ccccc2-c2csc(C)n2)C1. The lowest BCUT2D eigenvalue weighted by molar-refractivity contribution is -0.119. The lowest BCUT2D eigenvalue weighted by Gasteiger charge is -2.33. The second kappa shape index (κ2) is 8.31. The fourth-order valence-electron chi connectivity index (χ4n) is 3.20. The van der Waals surface area contributed by atoms with Gasteiger partial charge in [0.05, 0.1) is 16.4 Å². The molecule has 1 aromatic carbocycles. The van der Waals surface area contributed by atoms with Crippen LogP contribution in [0.5, 0.6) is 0 Å². The van der Waals surface area contributed by atoms with Gasteiger partial charge in [-0.05, 0) is 31.7 Å². The number of anilines is 1. The molecule has 0 spiro atoms. The highest BCUT2D eigenvalue weighted by Gasteiger charge is 2.24. The summed E-state index contributed by atoms with van der Waals surface area (Å²) in [5.41, 5.74) is 2.58. The van der Waals surface area contributed by atoms with Crippen molar-refractivity contribution in [3.63, 3.8) is 0 Å². The van der Waals surface area contributed by atoms with E-state index in [1.54, 1.807) is 11.3 Å². The Kier molecular flexibility index (Phi) is 5.88. The minimum Gasteiger partial charge on any atom is -0.356 e. The Morgan fingerprint density at radius 3 is 2.88 bits per heavy atom. The predicted octanol–water partition coefficient (Wildman–Crippen LogP) is 3.50. The van der Waals surface area contributed by atoms with Gasteiger partial charge in [0, 0.05) is 37.5 Å². The molecular formula is C19H24N4O2S. The van der Waals surface area contributed by atoms with E-state index in [-0.39, 0.29) is 11.9 Å². The van der Waals surface area contributed by atoms with Gasteiger partial charge in [-0.3, -0.25) is 4.79 Å². The van der Waals surface area contributed by atoms with Gasteiger partial charge >= 0.3 is 6.03 Å². The Morgan fingerprint density at radius 1 is 1.35 bits per heavy atom. The van der Waals surface area contributed by atoms with Crippen molar-refractivity contribution >= 4 is 29.0 Å². The molecule has 3 rings (SSSR count). The van der Waals surface area contributed by atoms with Crippen molar-refractivity contribution in [3.05, 3.63) is 34.7 Å². The number of piperidine rings is 1. The van der Waals surface area contributed by atoms with Crippen LogP contribution in [0, 0.1) is 12.8 Å². The zero-order valence-electron chi connectivity index (χ0n) is 15.1. The maximum absolute atomic E-state index is 12.7. The Balaban J connectivity index is 1.67. The van der Waals surface area contributed by atoms with Crippen LogP contribution in [0.25, 0.3) is 11.3 Å². The molecule has 3 amide bonds. The average Bonchev–Trinajstić information content (AvgIpc) is 3.07. The zero-order chi connectivity index (χ0) is 18.5. The summed E-state index contributed by atoms with van der Waals surface area (Å²) < 4.78 is 0. The van der Waals surface area contributed by atoms with Crippen molar-refractivity contribution in [1.29, 1.82) is 0 Å². The number of rotatable bonds is 4. The molecule has 1 aromatic heterocycles. The molecule has 26 heavy (non-hydrogen) atoms. The van der Waals surface area contributed by atoms with Crippen molar-refractivity contribution in [2.24, 2.45) is 5.92 Å². The number of likely N-dealkylation sites (tertiary alicyclic amines) is 1. The van der Waals surface area contributed by atoms with Crippen LogP contribution in [0.2, 0.25) is 0 Å². The summed E-state index contributed by atoms with van der Waals surface area (Å²) >= 11 is 1.59. The van der Waals surface area contributed by atoms with Gasteiger partial charge in [-0.1, -0.05) is 18.2 Å². The van der Waals surface area contributed by atoms with E-state index in [9.17, 15) is 9.59 Å². The smallest absolute Gasteiger partial charge is 0.321 e. The fourth-order valence-corrected chi connectivity index (χ4v) is 3.81. The third-order valence-corrected chi connectivity index (χ3v) is 5.28. The van der Waals surface area contributed by atoms with Crippen LogP contribution in [-0.4, -0.2) is 41.5 Å². The van der Waals surface area contributed by atoms with Gasteiger partial charge in [-0.15, -0.1) is 11.3 Å². The number of hydrogen-bond donors (Lipinski definition) is 2. The third-order valence-electron chi connectivity index (χ3n) is 4.51. The summed E-state index contributed by atoms with van der Waals surface area (Å²) in [5, 5.41) is 8.89. The van der Waals surface area contributed by atoms with Crippen molar-refractivity contribution in [1.82, 2.24) is 15.2 Å². The van der Waals surface area contributed by atoms with Gasteiger partial charge in [-0.25, -0.2) is 9.78 Å². The van der Waals surface area contributed by atoms with Gasteiger partial charge in [0.2, 0.25) is 5.91 Å². The van der Waals surface area contributed by atoms with E-state index >= 15 is 0 Å². The second-order valence-corrected chi connectivity index (χ2v) is 7.68. The number of nitrogens with zero attached hydrogens (tertiary/aromatic N) is 2. The maximum atomic E-state index is 12.7. The summed E-state index contributed by atoms with van der Waals surface area (Å²) in [4.78, 5) is 30.2. The largest absolute Gasteiger partial charge is 0.356 e. The molecule has 7 heteroatoms. The maximum Gasteiger partial charge on any atom is 0.321 e. The van der Waals surface area contributed by atoms with Crippen molar-refractivity contribution in [2.75, 3.05) is 25.0 Å². The van der Waals surface area contributed by atoms with Gasteiger partial charge in [0.25, 0.3) is 0 Å². The van der Waals surface area contributed by atoms with Crippen molar-refractivity contribution in [2.45, 2.75) is 26.7 Å². The molecular weight excluding hydrogens is 348 g/mol. The Hall–Kier alpha value is -2.41. The minimum absolute atomic E-state index is 0.0286. The number of benzene rings is 1. The van der Waals surface area contributed by atoms with Gasteiger partial charge in [0.15, 0.2) is 0 Å². The molecule has 2 aromatic rings. The minimum atomic E-state index is -0.100. The number of nitrogens with one attached hydrogen (secondary N) is 2. The Bertz CT molecular complexity index is 789. The van der Waals surface area contributed by atoms with E-state index < -0.39 is 0 Å². The third kappa shape index (κ3) is 4.60. The summed E-state index contributed by atoms with van der Waals surface area (Å²) in [5.74, 6) is 0.272. The molecule has 0 radical (unpaired) electrons. The lowest BCUT2D eigenvalue weighted by atomic mass is 9.98. The molecule has 1 fully saturated rings. The molecule has 0 aliphatic carbocycles. The topological polar surface area (TPSA) is 74.3 Å². The average molecular weight is 372 g/mol. The number of aromatic nitrogens is 1. The van der Waals surface area contributed by atoms with E-state index in [2.05, 4.69) is 15.6 Å². The number of urea groups is 1. The predicted molar refractivity (Wildman–Crippen MR) is 104 cm³/mol. The first-order chi connectivity index (χ1) is 12.5. The normalized spacial score (nSPS) is 17.0. The van der Waals surface area contributed by atoms with Crippen LogP contribution in [0.15, 0.2) is 29.6 Å². The molecule has 138 valence electrons. The van der Waals surface area contributed by atoms with Crippen molar-refractivity contribution in [3.8, 4) is 11.3 Å². The number of para-hydroxylation sites is 1. The van der Waals surface area contributed by atoms with Gasteiger partial charge < -0.3 is 15.5 Å². The molecule has 1 atom stereocenters. The number of carbonyl (C=O) groups is 2. The highest BCUT2D eigenvalue weighted by molar-refractivity contribution is 7.09. The zero-order valence-corrected chi connectivity index (χ0v) is 15.9. The molecule has 1 saturated heterocycles. The lowest BCUT2D eigenvalue weighted by Crippen LogP contribution is -2.45. The van der Waals surface area contributed by atoms with Crippen LogP contribution in [0.3, 0.4) is 0 Å². The first kappa shape index (κ1) is 18.4. The van der Waals surface area contributed by atoms with E-state index in [1.165, 1.54) is 6.92 Å². The molecule has 6 nitrogen and oxygen atoms in total. The number of thiazole rings is 1. The van der Waals surface area contributed by atoms with Gasteiger partial charge in [-0.2, -0.15) is 0 Å². The summed E-state index contributed by atoms with van der Waals surface area (Å²) in [6.45, 7) is 5.50. The number of hydrogen-bond acceptors (Lipinski definition) is 4. The Morgan fingerprint density at radius 2 is 2.15 bits per heavy atom. The van der Waals surface area contributed by atoms with E-state index in [0.717, 1.165) is 41.3 Å². The highest BCUT2D eigenvalue weighted by Crippen LogP contribution is 2.29. The number of carbonyl (C=O) groups excluding carboxylic acids is 2. The molecule has 0 bridgehead atoms. The molecule has 2 heterocycles. The van der Waals surface area contributed by atoms with Gasteiger partial charge in [0.1, 0.15) is 0 Å². The monoisotopic (exact) mass is 372 g/mol. The quantitative estimate of drug-likeness (QED) is 0.863. The summed E-state index contributed by atoms with van der Waals surface area (Å²) in [6.07, 6.45) is 1.98. The molecule has 2 N–H and O–H groups in total. The second-order valence-electron chi connectivity index (χ2n) is 6.62. The fraction of sp³-hybridized carbons (Fsp3) is 0.421. The van der Waals surface area contributed by atoms with Crippen LogP contribution in [0.1, 0.15) is 24.8 Å². The van der Waals surface area contributed by atoms with Crippen LogP contribution < -0.4 is 10.6 Å². The standard InChI is InChI=1S/C19H24N4O2S/c1-13(24)20-10-15-6-5-9-23(11-15)19(25)22-17-8-4-3-7-16(17)18-12-26-14(2)21-18/h3-4,7-8,12,15H,5-6,9-11H2,1-2H3,(H,20,24)(H,22,25). The van der Waals surface area contributed by atoms with Crippen LogP contribution in [0.4, 0.5) is 10.5 Å². The van der Waals surface area contributed by atoms with E-state index in [4.69, 9.17) is 0 Å². The van der Waals surface area contributed by atoms with Crippen LogP contribution >= 0.6 is 11.3 Å². The molecule has 1 aliphatic heterocycles. The first-order valence-electron chi connectivity index (χ1n) is 8.85. The van der Waals surface area contributed by atoms with Crippen molar-refractivity contribution < 1.29 is 9.59 Å². The molecule has 1 aliphatic rings. The molecule has 1 unspecified atom stereocenters. The Labute approximate surface area is 157 Å².